The number of ether oxygens (including phenoxy) is 1. The number of nitrogens with one attached hydrogen (secondary N) is 2. The number of hydrogen-bond acceptors (Lipinski definition) is 2. The Morgan fingerprint density at radius 2 is 1.53 bits per heavy atom. The Morgan fingerprint density at radius 3 is 2.21 bits per heavy atom. The Hall–Kier alpha value is -2.49. The second kappa shape index (κ2) is 15.4. The van der Waals surface area contributed by atoms with Gasteiger partial charge in [-0.15, -0.1) is 0 Å². The highest BCUT2D eigenvalue weighted by molar-refractivity contribution is 6.11. The summed E-state index contributed by atoms with van der Waals surface area (Å²) in [6.45, 7) is 5.19. The van der Waals surface area contributed by atoms with E-state index < -0.39 is 0 Å². The lowest BCUT2D eigenvalue weighted by Gasteiger charge is -2.06. The summed E-state index contributed by atoms with van der Waals surface area (Å²) >= 11 is 0. The van der Waals surface area contributed by atoms with Crippen LogP contribution in [0.2, 0.25) is 0 Å². The van der Waals surface area contributed by atoms with E-state index in [4.69, 9.17) is 9.73 Å². The zero-order chi connectivity index (χ0) is 23.8. The van der Waals surface area contributed by atoms with Crippen molar-refractivity contribution < 1.29 is 4.74 Å². The van der Waals surface area contributed by atoms with Crippen LogP contribution < -0.4 is 0 Å². The van der Waals surface area contributed by atoms with Crippen molar-refractivity contribution in [3.05, 3.63) is 65.1 Å². The molecule has 4 heteroatoms. The van der Waals surface area contributed by atoms with E-state index >= 15 is 0 Å². The summed E-state index contributed by atoms with van der Waals surface area (Å²) in [5.74, 6) is 0.861. The molecule has 0 saturated carbocycles. The van der Waals surface area contributed by atoms with E-state index in [1.54, 1.807) is 0 Å². The average molecular weight is 464 g/mol. The van der Waals surface area contributed by atoms with Gasteiger partial charge in [-0.2, -0.15) is 0 Å². The highest BCUT2D eigenvalue weighted by atomic mass is 16.5. The number of unbranched alkanes of at least 4 members (excludes halogenated alkanes) is 11. The van der Waals surface area contributed by atoms with Crippen LogP contribution in [0.5, 0.6) is 0 Å². The SMILES string of the molecule is CCCCCCCCCCCCCc1ccc(/C=C2\N=C(c3ccc[nH]3)C=C2OCCCC)[nH]1. The lowest BCUT2D eigenvalue weighted by Crippen LogP contribution is -1.96. The number of aromatic nitrogens is 2. The molecular formula is C30H45N3O. The molecule has 2 aromatic rings. The van der Waals surface area contributed by atoms with Crippen molar-refractivity contribution in [1.29, 1.82) is 0 Å². The number of rotatable bonds is 18. The van der Waals surface area contributed by atoms with Crippen LogP contribution in [0.4, 0.5) is 0 Å². The monoisotopic (exact) mass is 463 g/mol. The fourth-order valence-corrected chi connectivity index (χ4v) is 4.40. The molecule has 0 radical (unpaired) electrons. The van der Waals surface area contributed by atoms with Crippen molar-refractivity contribution in [2.45, 2.75) is 104 Å². The van der Waals surface area contributed by atoms with Gasteiger partial charge in [-0.3, -0.25) is 0 Å². The highest BCUT2D eigenvalue weighted by Crippen LogP contribution is 2.25. The number of hydrogen-bond donors (Lipinski definition) is 2. The fraction of sp³-hybridized carbons (Fsp3) is 0.567. The smallest absolute Gasteiger partial charge is 0.147 e. The molecule has 3 heterocycles. The molecular weight excluding hydrogens is 418 g/mol. The third-order valence-corrected chi connectivity index (χ3v) is 6.50. The number of aliphatic imine (C=N–C) groups is 1. The number of nitrogens with zero attached hydrogens (tertiary/aromatic N) is 1. The van der Waals surface area contributed by atoms with Crippen LogP contribution in [-0.2, 0) is 11.2 Å². The molecule has 0 atom stereocenters. The van der Waals surface area contributed by atoms with E-state index in [2.05, 4.69) is 42.0 Å². The third kappa shape index (κ3) is 9.04. The Bertz CT molecular complexity index is 901. The second-order valence-corrected chi connectivity index (χ2v) is 9.55. The molecule has 1 aliphatic rings. The molecule has 0 bridgehead atoms. The van der Waals surface area contributed by atoms with Gasteiger partial charge in [-0.1, -0.05) is 84.5 Å². The highest BCUT2D eigenvalue weighted by Gasteiger charge is 2.18. The van der Waals surface area contributed by atoms with Gasteiger partial charge in [0.15, 0.2) is 0 Å². The first-order valence-corrected chi connectivity index (χ1v) is 13.8. The largest absolute Gasteiger partial charge is 0.491 e. The summed E-state index contributed by atoms with van der Waals surface area (Å²) in [6.07, 6.45) is 24.6. The molecule has 186 valence electrons. The van der Waals surface area contributed by atoms with Gasteiger partial charge < -0.3 is 14.7 Å². The third-order valence-electron chi connectivity index (χ3n) is 6.50. The van der Waals surface area contributed by atoms with Crippen LogP contribution in [0.3, 0.4) is 0 Å². The molecule has 0 aromatic carbocycles. The van der Waals surface area contributed by atoms with Crippen LogP contribution in [-0.4, -0.2) is 22.3 Å². The molecule has 0 unspecified atom stereocenters. The lowest BCUT2D eigenvalue weighted by molar-refractivity contribution is 0.216. The van der Waals surface area contributed by atoms with E-state index in [1.165, 1.54) is 76.3 Å². The minimum Gasteiger partial charge on any atom is -0.491 e. The van der Waals surface area contributed by atoms with Crippen LogP contribution in [0, 0.1) is 0 Å². The Morgan fingerprint density at radius 1 is 0.824 bits per heavy atom. The molecule has 0 saturated heterocycles. The van der Waals surface area contributed by atoms with Gasteiger partial charge >= 0.3 is 0 Å². The predicted molar refractivity (Wildman–Crippen MR) is 145 cm³/mol. The molecule has 1 aliphatic heterocycles. The molecule has 0 amide bonds. The number of H-pyrrole nitrogens is 2. The molecule has 4 nitrogen and oxygen atoms in total. The molecule has 34 heavy (non-hydrogen) atoms. The van der Waals surface area contributed by atoms with Crippen molar-refractivity contribution in [3.8, 4) is 0 Å². The van der Waals surface area contributed by atoms with Gasteiger partial charge in [0, 0.05) is 23.7 Å². The van der Waals surface area contributed by atoms with Crippen molar-refractivity contribution in [1.82, 2.24) is 9.97 Å². The van der Waals surface area contributed by atoms with Crippen LogP contribution in [0.25, 0.3) is 6.08 Å². The van der Waals surface area contributed by atoms with Gasteiger partial charge in [0.25, 0.3) is 0 Å². The first-order valence-electron chi connectivity index (χ1n) is 13.8. The summed E-state index contributed by atoms with van der Waals surface area (Å²) in [7, 11) is 0. The number of aromatic amines is 2. The topological polar surface area (TPSA) is 53.2 Å². The van der Waals surface area contributed by atoms with E-state index in [0.717, 1.165) is 54.4 Å². The summed E-state index contributed by atoms with van der Waals surface area (Å²) in [4.78, 5) is 11.7. The van der Waals surface area contributed by atoms with Gasteiger partial charge in [0.05, 0.1) is 18.0 Å². The zero-order valence-electron chi connectivity index (χ0n) is 21.5. The minimum atomic E-state index is 0.724. The lowest BCUT2D eigenvalue weighted by atomic mass is 10.0. The van der Waals surface area contributed by atoms with Crippen molar-refractivity contribution in [2.24, 2.45) is 4.99 Å². The maximum absolute atomic E-state index is 6.06. The molecule has 2 N–H and O–H groups in total. The van der Waals surface area contributed by atoms with E-state index in [0.29, 0.717) is 0 Å². The molecule has 2 aromatic heterocycles. The molecule has 0 spiro atoms. The minimum absolute atomic E-state index is 0.724. The molecule has 3 rings (SSSR count). The summed E-state index contributed by atoms with van der Waals surface area (Å²) in [6, 6.07) is 8.42. The van der Waals surface area contributed by atoms with Gasteiger partial charge in [-0.25, -0.2) is 4.99 Å². The fourth-order valence-electron chi connectivity index (χ4n) is 4.40. The maximum atomic E-state index is 6.06. The van der Waals surface area contributed by atoms with Crippen molar-refractivity contribution in [3.63, 3.8) is 0 Å². The van der Waals surface area contributed by atoms with Crippen molar-refractivity contribution in [2.75, 3.05) is 6.61 Å². The second-order valence-electron chi connectivity index (χ2n) is 9.55. The van der Waals surface area contributed by atoms with Crippen LogP contribution in [0.1, 0.15) is 114 Å². The maximum Gasteiger partial charge on any atom is 0.147 e. The van der Waals surface area contributed by atoms with Gasteiger partial charge in [0.1, 0.15) is 11.5 Å². The Labute approximate surface area is 207 Å². The van der Waals surface area contributed by atoms with Gasteiger partial charge in [0.2, 0.25) is 0 Å². The first kappa shape index (κ1) is 26.1. The predicted octanol–water partition coefficient (Wildman–Crippen LogP) is 8.74. The standard InChI is InChI=1S/C30H45N3O/c1-3-5-7-8-9-10-11-12-13-14-15-17-25-19-20-26(32-25)23-29-30(34-22-6-4-2)24-28(33-29)27-18-16-21-31-27/h16,18-21,23-24,31-32H,3-15,17,22H2,1-2H3/b29-23-. The normalized spacial score (nSPS) is 14.6. The summed E-state index contributed by atoms with van der Waals surface area (Å²) in [5, 5.41) is 0. The van der Waals surface area contributed by atoms with E-state index in [9.17, 15) is 0 Å². The van der Waals surface area contributed by atoms with Crippen LogP contribution >= 0.6 is 0 Å². The Kier molecular flexibility index (Phi) is 11.8. The van der Waals surface area contributed by atoms with Crippen LogP contribution in [0.15, 0.2) is 53.0 Å². The summed E-state index contributed by atoms with van der Waals surface area (Å²) < 4.78 is 6.06. The molecule has 0 aliphatic carbocycles. The van der Waals surface area contributed by atoms with Gasteiger partial charge in [-0.05, 0) is 49.6 Å². The van der Waals surface area contributed by atoms with Crippen molar-refractivity contribution >= 4 is 11.8 Å². The molecule has 0 fully saturated rings. The van der Waals surface area contributed by atoms with E-state index in [-0.39, 0.29) is 0 Å². The average Bonchev–Trinajstić information content (AvgIpc) is 3.60. The number of allylic oxidation sites excluding steroid dienone is 1. The number of aryl methyl sites for hydroxylation is 1. The van der Waals surface area contributed by atoms with E-state index in [1.807, 2.05) is 24.4 Å². The zero-order valence-corrected chi connectivity index (χ0v) is 21.5. The Balaban J connectivity index is 1.42. The first-order chi connectivity index (χ1) is 16.8. The quantitative estimate of drug-likeness (QED) is 0.213. The summed E-state index contributed by atoms with van der Waals surface area (Å²) in [5.41, 5.74) is 5.24.